The van der Waals surface area contributed by atoms with Crippen LogP contribution in [0.4, 0.5) is 0 Å². The van der Waals surface area contributed by atoms with Gasteiger partial charge in [-0.15, -0.1) is 0 Å². The molecule has 3 nitrogen and oxygen atoms in total. The second-order valence-corrected chi connectivity index (χ2v) is 2.24. The van der Waals surface area contributed by atoms with Crippen LogP contribution in [0, 0.1) is 0 Å². The second-order valence-electron chi connectivity index (χ2n) is 1.61. The molecule has 4 heteroatoms. The quantitative estimate of drug-likeness (QED) is 0.595. The van der Waals surface area contributed by atoms with Crippen molar-refractivity contribution in [3.05, 3.63) is 42.4 Å². The van der Waals surface area contributed by atoms with Crippen LogP contribution in [0.25, 0.3) is 0 Å². The van der Waals surface area contributed by atoms with Crippen molar-refractivity contribution < 1.29 is 0 Å². The van der Waals surface area contributed by atoms with E-state index in [4.69, 9.17) is 0 Å². The van der Waals surface area contributed by atoms with E-state index in [9.17, 15) is 0 Å². The minimum Gasteiger partial charge on any atom is -0.265 e. The van der Waals surface area contributed by atoms with Crippen molar-refractivity contribution in [2.24, 2.45) is 0 Å². The number of aromatic nitrogens is 3. The van der Waals surface area contributed by atoms with Crippen LogP contribution in [-0.4, -0.2) is 14.3 Å². The van der Waals surface area contributed by atoms with Crippen molar-refractivity contribution in [1.29, 1.82) is 0 Å². The SMILES string of the molecule is c1ccncc1.c1ncsn1. The Morgan fingerprint density at radius 1 is 0.909 bits per heavy atom. The molecule has 0 amide bonds. The predicted molar refractivity (Wildman–Crippen MR) is 44.1 cm³/mol. The third-order valence-electron chi connectivity index (χ3n) is 0.849. The first-order chi connectivity index (χ1) is 5.50. The Morgan fingerprint density at radius 2 is 1.73 bits per heavy atom. The molecule has 0 aromatic carbocycles. The summed E-state index contributed by atoms with van der Waals surface area (Å²) >= 11 is 1.35. The minimum atomic E-state index is 1.35. The maximum Gasteiger partial charge on any atom is 0.129 e. The fourth-order valence-electron chi connectivity index (χ4n) is 0.449. The number of pyridine rings is 1. The van der Waals surface area contributed by atoms with Gasteiger partial charge in [0.1, 0.15) is 11.8 Å². The first-order valence-electron chi connectivity index (χ1n) is 3.04. The molecule has 0 saturated carbocycles. The lowest BCUT2D eigenvalue weighted by atomic mass is 10.5. The molecule has 0 aliphatic carbocycles. The van der Waals surface area contributed by atoms with Crippen LogP contribution in [0.5, 0.6) is 0 Å². The van der Waals surface area contributed by atoms with Crippen molar-refractivity contribution >= 4 is 11.5 Å². The summed E-state index contributed by atoms with van der Waals surface area (Å²) in [6.45, 7) is 0. The highest BCUT2D eigenvalue weighted by atomic mass is 32.1. The molecule has 56 valence electrons. The van der Waals surface area contributed by atoms with Gasteiger partial charge in [-0.25, -0.2) is 4.98 Å². The van der Waals surface area contributed by atoms with Gasteiger partial charge in [-0.3, -0.25) is 4.98 Å². The van der Waals surface area contributed by atoms with E-state index in [-0.39, 0.29) is 0 Å². The van der Waals surface area contributed by atoms with Gasteiger partial charge in [0.05, 0.1) is 0 Å². The Kier molecular flexibility index (Phi) is 3.90. The fraction of sp³-hybridized carbons (Fsp3) is 0. The lowest BCUT2D eigenvalue weighted by Crippen LogP contribution is -1.58. The third-order valence-corrected chi connectivity index (χ3v) is 1.28. The first kappa shape index (κ1) is 7.81. The second kappa shape index (κ2) is 5.49. The molecule has 0 radical (unpaired) electrons. The molecular formula is C7H7N3S. The zero-order valence-corrected chi connectivity index (χ0v) is 6.61. The molecular weight excluding hydrogens is 158 g/mol. The highest BCUT2D eigenvalue weighted by molar-refractivity contribution is 7.03. The zero-order valence-electron chi connectivity index (χ0n) is 5.79. The Bertz CT molecular complexity index is 200. The molecule has 0 N–H and O–H groups in total. The van der Waals surface area contributed by atoms with Crippen molar-refractivity contribution in [3.8, 4) is 0 Å². The molecule has 2 aromatic rings. The van der Waals surface area contributed by atoms with Crippen LogP contribution >= 0.6 is 11.5 Å². The molecule has 2 rings (SSSR count). The van der Waals surface area contributed by atoms with E-state index in [1.165, 1.54) is 17.9 Å². The summed E-state index contributed by atoms with van der Waals surface area (Å²) in [5, 5.41) is 0. The molecule has 0 spiro atoms. The Labute approximate surface area is 68.9 Å². The van der Waals surface area contributed by atoms with Crippen LogP contribution in [0.2, 0.25) is 0 Å². The van der Waals surface area contributed by atoms with Gasteiger partial charge in [-0.1, -0.05) is 6.07 Å². The van der Waals surface area contributed by atoms with Gasteiger partial charge in [0.2, 0.25) is 0 Å². The Morgan fingerprint density at radius 3 is 1.91 bits per heavy atom. The van der Waals surface area contributed by atoms with Gasteiger partial charge in [0, 0.05) is 12.4 Å². The molecule has 0 bridgehead atoms. The summed E-state index contributed by atoms with van der Waals surface area (Å²) in [4.78, 5) is 7.41. The fourth-order valence-corrected chi connectivity index (χ4v) is 0.721. The molecule has 0 unspecified atom stereocenters. The summed E-state index contributed by atoms with van der Waals surface area (Å²) in [7, 11) is 0. The van der Waals surface area contributed by atoms with Crippen molar-refractivity contribution in [2.45, 2.75) is 0 Å². The molecule has 0 atom stereocenters. The lowest BCUT2D eigenvalue weighted by Gasteiger charge is -1.70. The highest BCUT2D eigenvalue weighted by Gasteiger charge is 1.60. The predicted octanol–water partition coefficient (Wildman–Crippen LogP) is 1.62. The van der Waals surface area contributed by atoms with E-state index in [2.05, 4.69) is 14.3 Å². The topological polar surface area (TPSA) is 38.7 Å². The summed E-state index contributed by atoms with van der Waals surface area (Å²) in [6.07, 6.45) is 5.02. The maximum atomic E-state index is 3.78. The zero-order chi connectivity index (χ0) is 7.78. The van der Waals surface area contributed by atoms with Crippen LogP contribution in [0.1, 0.15) is 0 Å². The largest absolute Gasteiger partial charge is 0.265 e. The van der Waals surface area contributed by atoms with E-state index in [1.54, 1.807) is 17.9 Å². The number of rotatable bonds is 0. The van der Waals surface area contributed by atoms with Gasteiger partial charge in [-0.05, 0) is 23.7 Å². The van der Waals surface area contributed by atoms with E-state index in [1.807, 2.05) is 18.2 Å². The van der Waals surface area contributed by atoms with Crippen LogP contribution < -0.4 is 0 Å². The van der Waals surface area contributed by atoms with E-state index in [0.29, 0.717) is 0 Å². The maximum absolute atomic E-state index is 3.78. The summed E-state index contributed by atoms with van der Waals surface area (Å²) < 4.78 is 3.65. The summed E-state index contributed by atoms with van der Waals surface area (Å²) in [5.74, 6) is 0. The number of hydrogen-bond acceptors (Lipinski definition) is 4. The molecule has 0 fully saturated rings. The van der Waals surface area contributed by atoms with E-state index in [0.717, 1.165) is 0 Å². The van der Waals surface area contributed by atoms with Crippen LogP contribution in [0.15, 0.2) is 42.4 Å². The standard InChI is InChI=1S/C5H5N.C2H2N2S/c1-2-4-6-5-3-1;1-3-2-5-4-1/h1-5H;1-2H. The van der Waals surface area contributed by atoms with Crippen LogP contribution in [-0.2, 0) is 0 Å². The van der Waals surface area contributed by atoms with E-state index < -0.39 is 0 Å². The highest BCUT2D eigenvalue weighted by Crippen LogP contribution is 1.77. The van der Waals surface area contributed by atoms with Crippen LogP contribution in [0.3, 0.4) is 0 Å². The molecule has 11 heavy (non-hydrogen) atoms. The van der Waals surface area contributed by atoms with Crippen molar-refractivity contribution in [3.63, 3.8) is 0 Å². The smallest absolute Gasteiger partial charge is 0.129 e. The summed E-state index contributed by atoms with van der Waals surface area (Å²) in [6, 6.07) is 5.72. The van der Waals surface area contributed by atoms with Gasteiger partial charge in [0.15, 0.2) is 0 Å². The molecule has 2 heterocycles. The average Bonchev–Trinajstić information content (AvgIpc) is 2.64. The van der Waals surface area contributed by atoms with Gasteiger partial charge >= 0.3 is 0 Å². The normalized spacial score (nSPS) is 8.00. The monoisotopic (exact) mass is 165 g/mol. The number of hydrogen-bond donors (Lipinski definition) is 0. The number of nitrogens with zero attached hydrogens (tertiary/aromatic N) is 3. The molecule has 2 aromatic heterocycles. The Balaban J connectivity index is 0.000000112. The van der Waals surface area contributed by atoms with E-state index >= 15 is 0 Å². The Hall–Kier alpha value is -1.29. The van der Waals surface area contributed by atoms with Gasteiger partial charge < -0.3 is 0 Å². The van der Waals surface area contributed by atoms with Gasteiger partial charge in [-0.2, -0.15) is 4.37 Å². The average molecular weight is 165 g/mol. The van der Waals surface area contributed by atoms with Crippen molar-refractivity contribution in [2.75, 3.05) is 0 Å². The molecule has 0 saturated heterocycles. The first-order valence-corrected chi connectivity index (χ1v) is 3.88. The third kappa shape index (κ3) is 4.16. The lowest BCUT2D eigenvalue weighted by molar-refractivity contribution is 1.33. The minimum absolute atomic E-state index is 1.35. The molecule has 0 aliphatic rings. The molecule has 0 aliphatic heterocycles. The summed E-state index contributed by atoms with van der Waals surface area (Å²) in [5.41, 5.74) is 1.68. The van der Waals surface area contributed by atoms with Gasteiger partial charge in [0.25, 0.3) is 0 Å². The van der Waals surface area contributed by atoms with Crippen molar-refractivity contribution in [1.82, 2.24) is 14.3 Å².